The highest BCUT2D eigenvalue weighted by molar-refractivity contribution is 6.14. The number of carbonyl (C=O) groups is 2. The highest BCUT2D eigenvalue weighted by atomic mass is 16.6. The molecule has 2 aromatic rings. The van der Waals surface area contributed by atoms with E-state index in [1.807, 2.05) is 41.3 Å². The van der Waals surface area contributed by atoms with Gasteiger partial charge in [-0.2, -0.15) is 0 Å². The SMILES string of the molecule is CC1CCC(C(C)C)C(OC(=O)N(CC2CCCO2)CC2(O)CCC3C45C=CC6(C=C4C(=O)c4ccccc4-c4ccccc4)CC(O)CCC6(C)C5CCC32C)C1. The van der Waals surface area contributed by atoms with Gasteiger partial charge in [-0.3, -0.25) is 4.79 Å². The summed E-state index contributed by atoms with van der Waals surface area (Å²) in [5.74, 6) is 1.46. The molecule has 2 bridgehead atoms. The Morgan fingerprint density at radius 1 is 0.897 bits per heavy atom. The van der Waals surface area contributed by atoms with Crippen LogP contribution < -0.4 is 0 Å². The molecule has 12 unspecified atom stereocenters. The first kappa shape index (κ1) is 40.2. The third kappa shape index (κ3) is 6.13. The quantitative estimate of drug-likeness (QED) is 0.194. The molecule has 1 saturated heterocycles. The fourth-order valence-electron chi connectivity index (χ4n) is 14.3. The molecule has 7 nitrogen and oxygen atoms in total. The number of allylic oxidation sites excluding steroid dienone is 4. The Bertz CT molecular complexity index is 1950. The van der Waals surface area contributed by atoms with Crippen LogP contribution in [0, 0.1) is 51.2 Å². The Balaban J connectivity index is 1.10. The smallest absolute Gasteiger partial charge is 0.410 e. The molecule has 12 atom stereocenters. The van der Waals surface area contributed by atoms with Crippen molar-refractivity contribution in [2.45, 2.75) is 136 Å². The summed E-state index contributed by atoms with van der Waals surface area (Å²) in [5, 5.41) is 24.6. The van der Waals surface area contributed by atoms with Gasteiger partial charge in [0.25, 0.3) is 0 Å². The number of hydrogen-bond acceptors (Lipinski definition) is 6. The second-order valence-electron chi connectivity index (χ2n) is 20.8. The molecular formula is C51H67NO6. The predicted octanol–water partition coefficient (Wildman–Crippen LogP) is 10.2. The molecule has 0 radical (unpaired) electrons. The van der Waals surface area contributed by atoms with Crippen LogP contribution >= 0.6 is 0 Å². The third-order valence-corrected chi connectivity index (χ3v) is 17.6. The van der Waals surface area contributed by atoms with Gasteiger partial charge in [0.2, 0.25) is 0 Å². The summed E-state index contributed by atoms with van der Waals surface area (Å²) in [4.78, 5) is 31.9. The number of ether oxygens (including phenoxy) is 2. The van der Waals surface area contributed by atoms with Crippen molar-refractivity contribution in [2.24, 2.45) is 51.2 Å². The number of rotatable bonds is 9. The van der Waals surface area contributed by atoms with Crippen LogP contribution in [0.3, 0.4) is 0 Å². The summed E-state index contributed by atoms with van der Waals surface area (Å²) in [6.45, 7) is 12.7. The van der Waals surface area contributed by atoms with Crippen LogP contribution in [0.15, 0.2) is 78.4 Å². The summed E-state index contributed by atoms with van der Waals surface area (Å²) in [7, 11) is 0. The van der Waals surface area contributed by atoms with Crippen molar-refractivity contribution in [3.63, 3.8) is 0 Å². The van der Waals surface area contributed by atoms with Gasteiger partial charge in [-0.05, 0) is 117 Å². The number of ketones is 1. The van der Waals surface area contributed by atoms with E-state index in [4.69, 9.17) is 9.47 Å². The number of fused-ring (bicyclic) bond motifs is 1. The molecule has 5 fully saturated rings. The minimum Gasteiger partial charge on any atom is -0.446 e. The molecule has 2 N–H and O–H groups in total. The van der Waals surface area contributed by atoms with Gasteiger partial charge in [-0.25, -0.2) is 4.79 Å². The standard InChI is InChI=1S/C51H67NO6/c1-33(2)38-18-17-34(3)28-42(38)58-46(55)52(31-37-14-11-27-57-37)32-50(56)24-21-44-48(50,5)23-20-43-47(4)22-19-36(53)29-49(47)25-26-51(43,44)41(30-49)45(54)40-16-10-9-15-39(40)35-12-7-6-8-13-35/h6-10,12-13,15-16,25-26,30,33-34,36-38,42-44,53,56H,11,14,17-24,27-29,31-32H2,1-5H3. The van der Waals surface area contributed by atoms with E-state index in [2.05, 4.69) is 71.0 Å². The fraction of sp³-hybridized carbons (Fsp3) is 0.647. The number of nitrogens with zero attached hydrogens (tertiary/aromatic N) is 1. The van der Waals surface area contributed by atoms with Crippen LogP contribution in [-0.4, -0.2) is 70.6 Å². The topological polar surface area (TPSA) is 96.3 Å². The number of aliphatic hydroxyl groups excluding tert-OH is 1. The number of amides is 1. The number of carbonyl (C=O) groups excluding carboxylic acids is 2. The maximum absolute atomic E-state index is 15.6. The molecule has 4 saturated carbocycles. The molecule has 1 amide bonds. The lowest BCUT2D eigenvalue weighted by molar-refractivity contribution is -0.176. The van der Waals surface area contributed by atoms with Crippen LogP contribution in [0.25, 0.3) is 11.1 Å². The predicted molar refractivity (Wildman–Crippen MR) is 227 cm³/mol. The molecule has 0 aromatic heterocycles. The number of aliphatic hydroxyl groups is 2. The Kier molecular flexibility index (Phi) is 10.2. The maximum Gasteiger partial charge on any atom is 0.410 e. The number of Topliss-reactive ketones (excluding diaryl/α,β-unsaturated/α-hetero) is 1. The summed E-state index contributed by atoms with van der Waals surface area (Å²) in [5.41, 5.74) is 0.563. The van der Waals surface area contributed by atoms with Crippen molar-refractivity contribution >= 4 is 11.9 Å². The van der Waals surface area contributed by atoms with E-state index < -0.39 is 27.9 Å². The zero-order valence-electron chi connectivity index (χ0n) is 35.6. The second-order valence-corrected chi connectivity index (χ2v) is 20.8. The van der Waals surface area contributed by atoms with Crippen LogP contribution in [0.1, 0.15) is 122 Å². The van der Waals surface area contributed by atoms with E-state index in [0.717, 1.165) is 80.9 Å². The molecule has 10 rings (SSSR count). The van der Waals surface area contributed by atoms with Crippen LogP contribution in [-0.2, 0) is 9.47 Å². The number of hydrogen-bond donors (Lipinski definition) is 2. The average molecular weight is 790 g/mol. The van der Waals surface area contributed by atoms with Crippen molar-refractivity contribution in [2.75, 3.05) is 19.7 Å². The lowest BCUT2D eigenvalue weighted by atomic mass is 9.32. The van der Waals surface area contributed by atoms with Gasteiger partial charge in [0.15, 0.2) is 5.78 Å². The summed E-state index contributed by atoms with van der Waals surface area (Å²) >= 11 is 0. The molecule has 2 spiro atoms. The van der Waals surface area contributed by atoms with Gasteiger partial charge in [0.05, 0.1) is 30.9 Å². The largest absolute Gasteiger partial charge is 0.446 e. The lowest BCUT2D eigenvalue weighted by Crippen LogP contribution is -2.67. The lowest BCUT2D eigenvalue weighted by Gasteiger charge is -2.71. The average Bonchev–Trinajstić information content (AvgIpc) is 3.82. The van der Waals surface area contributed by atoms with Crippen molar-refractivity contribution in [1.82, 2.24) is 4.90 Å². The first-order valence-electron chi connectivity index (χ1n) is 22.8. The van der Waals surface area contributed by atoms with Gasteiger partial charge in [0.1, 0.15) is 6.10 Å². The fourth-order valence-corrected chi connectivity index (χ4v) is 14.3. The van der Waals surface area contributed by atoms with Gasteiger partial charge in [-0.15, -0.1) is 0 Å². The van der Waals surface area contributed by atoms with E-state index in [1.54, 1.807) is 0 Å². The first-order valence-corrected chi connectivity index (χ1v) is 22.8. The normalized spacial score (nSPS) is 41.4. The van der Waals surface area contributed by atoms with Crippen molar-refractivity contribution in [3.05, 3.63) is 84.0 Å². The Labute approximate surface area is 346 Å². The molecule has 7 aliphatic carbocycles. The summed E-state index contributed by atoms with van der Waals surface area (Å²) < 4.78 is 12.7. The van der Waals surface area contributed by atoms with Crippen LogP contribution in [0.2, 0.25) is 0 Å². The molecule has 58 heavy (non-hydrogen) atoms. The molecule has 8 aliphatic rings. The molecular weight excluding hydrogens is 723 g/mol. The Morgan fingerprint density at radius 2 is 1.62 bits per heavy atom. The summed E-state index contributed by atoms with van der Waals surface area (Å²) in [6.07, 6.45) is 16.3. The summed E-state index contributed by atoms with van der Waals surface area (Å²) in [6, 6.07) is 18.2. The molecule has 2 aromatic carbocycles. The van der Waals surface area contributed by atoms with E-state index in [1.165, 1.54) is 0 Å². The third-order valence-electron chi connectivity index (χ3n) is 17.6. The number of benzene rings is 2. The molecule has 312 valence electrons. The van der Waals surface area contributed by atoms with Crippen molar-refractivity contribution in [3.8, 4) is 11.1 Å². The van der Waals surface area contributed by atoms with E-state index in [-0.39, 0.29) is 47.9 Å². The van der Waals surface area contributed by atoms with Crippen LogP contribution in [0.4, 0.5) is 4.79 Å². The van der Waals surface area contributed by atoms with Crippen molar-refractivity contribution < 1.29 is 29.3 Å². The highest BCUT2D eigenvalue weighted by Crippen LogP contribution is 2.78. The Hall–Kier alpha value is -3.26. The highest BCUT2D eigenvalue weighted by Gasteiger charge is 2.74. The monoisotopic (exact) mass is 789 g/mol. The van der Waals surface area contributed by atoms with E-state index in [0.29, 0.717) is 49.3 Å². The van der Waals surface area contributed by atoms with Gasteiger partial charge in [0, 0.05) is 34.0 Å². The van der Waals surface area contributed by atoms with E-state index >= 15 is 4.79 Å². The molecule has 1 heterocycles. The minimum atomic E-state index is -1.19. The van der Waals surface area contributed by atoms with Gasteiger partial charge in [-0.1, -0.05) is 114 Å². The van der Waals surface area contributed by atoms with Gasteiger partial charge >= 0.3 is 6.09 Å². The molecule has 1 aliphatic heterocycles. The van der Waals surface area contributed by atoms with E-state index in [9.17, 15) is 15.0 Å². The molecule has 7 heteroatoms. The Morgan fingerprint density at radius 3 is 2.38 bits per heavy atom. The van der Waals surface area contributed by atoms with Gasteiger partial charge < -0.3 is 24.6 Å². The minimum absolute atomic E-state index is 0.0221. The zero-order chi connectivity index (χ0) is 40.7. The van der Waals surface area contributed by atoms with Crippen LogP contribution in [0.5, 0.6) is 0 Å². The zero-order valence-corrected chi connectivity index (χ0v) is 35.6. The maximum atomic E-state index is 15.6. The first-order chi connectivity index (χ1) is 27.7. The second kappa shape index (κ2) is 14.7. The van der Waals surface area contributed by atoms with Crippen molar-refractivity contribution in [1.29, 1.82) is 0 Å².